The predicted molar refractivity (Wildman–Crippen MR) is 117 cm³/mol. The molecule has 1 saturated heterocycles. The molecule has 164 valence electrons. The van der Waals surface area contributed by atoms with Crippen LogP contribution in [-0.2, 0) is 27.1 Å². The first-order valence-electron chi connectivity index (χ1n) is 11.0. The van der Waals surface area contributed by atoms with Crippen molar-refractivity contribution in [1.29, 1.82) is 0 Å². The first-order chi connectivity index (χ1) is 15.1. The van der Waals surface area contributed by atoms with Crippen molar-refractivity contribution in [3.63, 3.8) is 0 Å². The Labute approximate surface area is 182 Å². The molecule has 1 aliphatic heterocycles. The van der Waals surface area contributed by atoms with Gasteiger partial charge in [0.05, 0.1) is 24.8 Å². The minimum absolute atomic E-state index is 0.145. The molecule has 7 nitrogen and oxygen atoms in total. The largest absolute Gasteiger partial charge is 0.452 e. The fourth-order valence-corrected chi connectivity index (χ4v) is 4.09. The molecule has 1 aromatic heterocycles. The molecule has 1 unspecified atom stereocenters. The van der Waals surface area contributed by atoms with E-state index in [0.717, 1.165) is 37.3 Å². The van der Waals surface area contributed by atoms with Crippen LogP contribution in [0.5, 0.6) is 0 Å². The van der Waals surface area contributed by atoms with Gasteiger partial charge in [0, 0.05) is 19.3 Å². The number of amides is 1. The Hall–Kier alpha value is -2.93. The number of aryl methyl sites for hydroxylation is 2. The van der Waals surface area contributed by atoms with Gasteiger partial charge >= 0.3 is 5.97 Å². The molecule has 0 saturated carbocycles. The minimum Gasteiger partial charge on any atom is -0.452 e. The van der Waals surface area contributed by atoms with Gasteiger partial charge in [-0.2, -0.15) is 0 Å². The summed E-state index contributed by atoms with van der Waals surface area (Å²) >= 11 is 0. The summed E-state index contributed by atoms with van der Waals surface area (Å²) in [7, 11) is 0. The van der Waals surface area contributed by atoms with E-state index in [0.29, 0.717) is 18.8 Å². The number of morpholine rings is 1. The lowest BCUT2D eigenvalue weighted by molar-refractivity contribution is -0.124. The van der Waals surface area contributed by atoms with E-state index in [-0.39, 0.29) is 18.6 Å². The maximum atomic E-state index is 12.3. The van der Waals surface area contributed by atoms with Gasteiger partial charge in [0.15, 0.2) is 6.61 Å². The highest BCUT2D eigenvalue weighted by molar-refractivity contribution is 5.91. The molecule has 0 spiro atoms. The van der Waals surface area contributed by atoms with E-state index >= 15 is 0 Å². The zero-order valence-electron chi connectivity index (χ0n) is 17.9. The first kappa shape index (κ1) is 21.3. The fourth-order valence-electron chi connectivity index (χ4n) is 4.09. The van der Waals surface area contributed by atoms with Crippen LogP contribution in [0.3, 0.4) is 0 Å². The molecule has 1 aliphatic carbocycles. The molecule has 1 atom stereocenters. The number of rotatable bonds is 6. The van der Waals surface area contributed by atoms with Gasteiger partial charge < -0.3 is 19.7 Å². The van der Waals surface area contributed by atoms with E-state index in [1.54, 1.807) is 12.1 Å². The summed E-state index contributed by atoms with van der Waals surface area (Å²) < 4.78 is 10.5. The van der Waals surface area contributed by atoms with Gasteiger partial charge in [-0.15, -0.1) is 0 Å². The molecule has 1 aromatic carbocycles. The molecule has 4 rings (SSSR count). The maximum Gasteiger partial charge on any atom is 0.340 e. The number of fused-ring (bicyclic) bond motifs is 1. The Bertz CT molecular complexity index is 923. The highest BCUT2D eigenvalue weighted by Crippen LogP contribution is 2.24. The second-order valence-corrected chi connectivity index (χ2v) is 8.11. The van der Waals surface area contributed by atoms with Crippen molar-refractivity contribution in [2.75, 3.05) is 37.8 Å². The van der Waals surface area contributed by atoms with Gasteiger partial charge in [0.25, 0.3) is 5.91 Å². The Morgan fingerprint density at radius 1 is 1.13 bits per heavy atom. The second-order valence-electron chi connectivity index (χ2n) is 8.11. The monoisotopic (exact) mass is 423 g/mol. The third kappa shape index (κ3) is 5.41. The van der Waals surface area contributed by atoms with Gasteiger partial charge in [-0.05, 0) is 61.4 Å². The van der Waals surface area contributed by atoms with Crippen LogP contribution < -0.4 is 10.2 Å². The van der Waals surface area contributed by atoms with Crippen LogP contribution in [0.4, 0.5) is 5.82 Å². The topological polar surface area (TPSA) is 80.8 Å². The van der Waals surface area contributed by atoms with Crippen molar-refractivity contribution in [1.82, 2.24) is 10.3 Å². The first-order valence-corrected chi connectivity index (χ1v) is 11.0. The molecule has 7 heteroatoms. The highest BCUT2D eigenvalue weighted by atomic mass is 16.5. The Balaban J connectivity index is 1.26. The van der Waals surface area contributed by atoms with Crippen molar-refractivity contribution < 1.29 is 19.1 Å². The molecule has 2 aliphatic rings. The van der Waals surface area contributed by atoms with Gasteiger partial charge in [-0.3, -0.25) is 4.79 Å². The normalized spacial score (nSPS) is 16.9. The molecule has 31 heavy (non-hydrogen) atoms. The number of ether oxygens (including phenoxy) is 2. The third-order valence-corrected chi connectivity index (χ3v) is 5.90. The van der Waals surface area contributed by atoms with E-state index in [4.69, 9.17) is 9.47 Å². The highest BCUT2D eigenvalue weighted by Gasteiger charge is 2.17. The molecular formula is C24H29N3O4. The number of carbonyl (C=O) groups is 2. The zero-order chi connectivity index (χ0) is 21.6. The molecule has 2 aromatic rings. The average Bonchev–Trinajstić information content (AvgIpc) is 2.83. The molecule has 1 amide bonds. The van der Waals surface area contributed by atoms with E-state index < -0.39 is 5.97 Å². The standard InChI is InChI=1S/C24H29N3O4/c1-17(19-7-6-18-4-2-3-5-20(18)14-19)26-23(28)16-31-24(29)21-8-9-22(25-15-21)27-10-12-30-13-11-27/h6-9,14-15,17H,2-5,10-13,16H2,1H3,(H,26,28). The molecule has 0 radical (unpaired) electrons. The quantitative estimate of drug-likeness (QED) is 0.720. The van der Waals surface area contributed by atoms with Crippen LogP contribution in [0.1, 0.15) is 52.9 Å². The number of nitrogens with one attached hydrogen (secondary N) is 1. The number of nitrogens with zero attached hydrogens (tertiary/aromatic N) is 2. The summed E-state index contributed by atoms with van der Waals surface area (Å²) in [5.74, 6) is -0.0782. The fraction of sp³-hybridized carbons (Fsp3) is 0.458. The molecule has 0 bridgehead atoms. The van der Waals surface area contributed by atoms with Crippen LogP contribution >= 0.6 is 0 Å². The van der Waals surface area contributed by atoms with Crippen LogP contribution in [0.2, 0.25) is 0 Å². The summed E-state index contributed by atoms with van der Waals surface area (Å²) in [4.78, 5) is 31.0. The number of anilines is 1. The number of benzene rings is 1. The van der Waals surface area contributed by atoms with Crippen LogP contribution in [0, 0.1) is 0 Å². The van der Waals surface area contributed by atoms with Gasteiger partial charge in [-0.25, -0.2) is 9.78 Å². The lowest BCUT2D eigenvalue weighted by atomic mass is 9.89. The van der Waals surface area contributed by atoms with Crippen molar-refractivity contribution in [2.45, 2.75) is 38.6 Å². The number of esters is 1. The van der Waals surface area contributed by atoms with Gasteiger partial charge in [-0.1, -0.05) is 18.2 Å². The lowest BCUT2D eigenvalue weighted by Gasteiger charge is -2.27. The number of pyridine rings is 1. The Kier molecular flexibility index (Phi) is 6.82. The Morgan fingerprint density at radius 2 is 1.90 bits per heavy atom. The number of hydrogen-bond donors (Lipinski definition) is 1. The van der Waals surface area contributed by atoms with Crippen LogP contribution in [-0.4, -0.2) is 49.8 Å². The summed E-state index contributed by atoms with van der Waals surface area (Å²) in [5, 5.41) is 2.91. The maximum absolute atomic E-state index is 12.3. The Morgan fingerprint density at radius 3 is 2.65 bits per heavy atom. The summed E-state index contributed by atoms with van der Waals surface area (Å²) in [6.45, 7) is 4.52. The predicted octanol–water partition coefficient (Wildman–Crippen LogP) is 2.83. The van der Waals surface area contributed by atoms with E-state index in [1.165, 1.54) is 30.2 Å². The van der Waals surface area contributed by atoms with Gasteiger partial charge in [0.1, 0.15) is 5.82 Å². The lowest BCUT2D eigenvalue weighted by Crippen LogP contribution is -2.36. The van der Waals surface area contributed by atoms with Crippen LogP contribution in [0.15, 0.2) is 36.5 Å². The van der Waals surface area contributed by atoms with Crippen molar-refractivity contribution in [2.24, 2.45) is 0 Å². The summed E-state index contributed by atoms with van der Waals surface area (Å²) in [5.41, 5.74) is 4.19. The summed E-state index contributed by atoms with van der Waals surface area (Å²) in [6.07, 6.45) is 6.18. The number of carbonyl (C=O) groups excluding carboxylic acids is 2. The van der Waals surface area contributed by atoms with Crippen molar-refractivity contribution in [3.8, 4) is 0 Å². The van der Waals surface area contributed by atoms with E-state index in [2.05, 4.69) is 33.4 Å². The molecule has 2 heterocycles. The van der Waals surface area contributed by atoms with Crippen molar-refractivity contribution >= 4 is 17.7 Å². The average molecular weight is 424 g/mol. The van der Waals surface area contributed by atoms with E-state index in [1.807, 2.05) is 6.92 Å². The minimum atomic E-state index is -0.558. The zero-order valence-corrected chi connectivity index (χ0v) is 17.9. The second kappa shape index (κ2) is 9.92. The summed E-state index contributed by atoms with van der Waals surface area (Å²) in [6, 6.07) is 9.75. The number of hydrogen-bond acceptors (Lipinski definition) is 6. The molecule has 1 N–H and O–H groups in total. The third-order valence-electron chi connectivity index (χ3n) is 5.90. The SMILES string of the molecule is CC(NC(=O)COC(=O)c1ccc(N2CCOCC2)nc1)c1ccc2c(c1)CCCC2. The van der Waals surface area contributed by atoms with Crippen molar-refractivity contribution in [3.05, 3.63) is 58.8 Å². The van der Waals surface area contributed by atoms with Crippen LogP contribution in [0.25, 0.3) is 0 Å². The molecular weight excluding hydrogens is 394 g/mol. The van der Waals surface area contributed by atoms with Gasteiger partial charge in [0.2, 0.25) is 0 Å². The molecule has 1 fully saturated rings. The smallest absolute Gasteiger partial charge is 0.340 e. The van der Waals surface area contributed by atoms with E-state index in [9.17, 15) is 9.59 Å². The number of aromatic nitrogens is 1.